The zero-order valence-electron chi connectivity index (χ0n) is 19.8. The smallest absolute Gasteiger partial charge is 0.335 e. The van der Waals surface area contributed by atoms with Crippen molar-refractivity contribution in [3.8, 4) is 5.75 Å². The summed E-state index contributed by atoms with van der Waals surface area (Å²) in [6.45, 7) is 3.60. The van der Waals surface area contributed by atoms with E-state index in [2.05, 4.69) is 10.3 Å². The number of nitrogens with zero attached hydrogens (tertiary/aromatic N) is 1. The number of carbonyl (C=O) groups excluding carboxylic acids is 1. The number of rotatable bonds is 8. The van der Waals surface area contributed by atoms with Crippen LogP contribution in [0.2, 0.25) is 0 Å². The van der Waals surface area contributed by atoms with Crippen LogP contribution in [0.1, 0.15) is 79.4 Å². The molecule has 2 fully saturated rings. The lowest BCUT2D eigenvalue weighted by Crippen LogP contribution is -2.48. The average molecular weight is 467 g/mol. The van der Waals surface area contributed by atoms with Gasteiger partial charge in [0.2, 0.25) is 5.91 Å². The summed E-state index contributed by atoms with van der Waals surface area (Å²) >= 11 is 0. The zero-order valence-corrected chi connectivity index (χ0v) is 19.8. The number of hydrogen-bond donors (Lipinski definition) is 2. The van der Waals surface area contributed by atoms with Crippen molar-refractivity contribution in [1.82, 2.24) is 10.3 Å². The number of aromatic carboxylic acids is 1. The van der Waals surface area contributed by atoms with Gasteiger partial charge in [0.25, 0.3) is 0 Å². The van der Waals surface area contributed by atoms with Gasteiger partial charge >= 0.3 is 5.97 Å². The standard InChI is InChI=1S/C27H34N2O5/c1-19(21-7-9-22(10-8-21)25(30)31)29-26(32)27(11-13-33-14-12-27)23-15-24(17-28-16-23)34-18-20-5-3-2-4-6-20/h7-10,15-17,19-20H,2-6,11-14,18H2,1H3,(H,29,32)(H,30,31)/t19-/m0/s1. The van der Waals surface area contributed by atoms with Crippen molar-refractivity contribution in [2.75, 3.05) is 19.8 Å². The van der Waals surface area contributed by atoms with E-state index in [-0.39, 0.29) is 17.5 Å². The van der Waals surface area contributed by atoms with E-state index >= 15 is 0 Å². The molecule has 1 saturated heterocycles. The maximum Gasteiger partial charge on any atom is 0.335 e. The normalized spacial score (nSPS) is 19.2. The van der Waals surface area contributed by atoms with Gasteiger partial charge in [-0.05, 0) is 67.9 Å². The molecule has 1 amide bonds. The molecular formula is C27H34N2O5. The lowest BCUT2D eigenvalue weighted by atomic mass is 9.73. The summed E-state index contributed by atoms with van der Waals surface area (Å²) in [7, 11) is 0. The van der Waals surface area contributed by atoms with Gasteiger partial charge in [0, 0.05) is 19.4 Å². The van der Waals surface area contributed by atoms with E-state index in [1.807, 2.05) is 13.0 Å². The number of amides is 1. The van der Waals surface area contributed by atoms with Crippen molar-refractivity contribution in [1.29, 1.82) is 0 Å². The molecule has 1 saturated carbocycles. The van der Waals surface area contributed by atoms with Gasteiger partial charge < -0.3 is 19.9 Å². The molecule has 1 atom stereocenters. The van der Waals surface area contributed by atoms with E-state index in [1.54, 1.807) is 36.7 Å². The summed E-state index contributed by atoms with van der Waals surface area (Å²) in [6, 6.07) is 8.29. The monoisotopic (exact) mass is 466 g/mol. The number of carboxylic acid groups (broad SMARTS) is 1. The van der Waals surface area contributed by atoms with E-state index in [1.165, 1.54) is 32.1 Å². The van der Waals surface area contributed by atoms with Crippen molar-refractivity contribution in [3.05, 3.63) is 59.4 Å². The molecule has 2 heterocycles. The molecule has 0 bridgehead atoms. The van der Waals surface area contributed by atoms with E-state index in [4.69, 9.17) is 14.6 Å². The predicted octanol–water partition coefficient (Wildman–Crippen LogP) is 4.66. The van der Waals surface area contributed by atoms with E-state index in [0.29, 0.717) is 44.3 Å². The molecule has 0 radical (unpaired) electrons. The van der Waals surface area contributed by atoms with Crippen molar-refractivity contribution < 1.29 is 24.2 Å². The minimum absolute atomic E-state index is 0.0724. The van der Waals surface area contributed by atoms with Gasteiger partial charge in [-0.2, -0.15) is 0 Å². The summed E-state index contributed by atoms with van der Waals surface area (Å²) in [4.78, 5) is 29.2. The van der Waals surface area contributed by atoms with Crippen LogP contribution in [0.15, 0.2) is 42.7 Å². The van der Waals surface area contributed by atoms with Crippen LogP contribution in [0.5, 0.6) is 5.75 Å². The molecule has 4 rings (SSSR count). The number of hydrogen-bond acceptors (Lipinski definition) is 5. The molecular weight excluding hydrogens is 432 g/mol. The van der Waals surface area contributed by atoms with Crippen LogP contribution in [0.3, 0.4) is 0 Å². The molecule has 1 aromatic carbocycles. The molecule has 2 N–H and O–H groups in total. The molecule has 2 aromatic rings. The highest BCUT2D eigenvalue weighted by Gasteiger charge is 2.42. The third kappa shape index (κ3) is 5.58. The molecule has 7 heteroatoms. The van der Waals surface area contributed by atoms with Gasteiger partial charge in [0.05, 0.1) is 29.8 Å². The maximum absolute atomic E-state index is 13.7. The van der Waals surface area contributed by atoms with Crippen LogP contribution >= 0.6 is 0 Å². The van der Waals surface area contributed by atoms with Gasteiger partial charge in [-0.25, -0.2) is 4.79 Å². The van der Waals surface area contributed by atoms with Crippen molar-refractivity contribution >= 4 is 11.9 Å². The Balaban J connectivity index is 1.49. The number of ether oxygens (including phenoxy) is 2. The van der Waals surface area contributed by atoms with Gasteiger partial charge in [-0.15, -0.1) is 0 Å². The first kappa shape index (κ1) is 24.2. The predicted molar refractivity (Wildman–Crippen MR) is 128 cm³/mol. The fourth-order valence-corrected chi connectivity index (χ4v) is 5.03. The Kier molecular flexibility index (Phi) is 7.83. The van der Waals surface area contributed by atoms with Crippen molar-refractivity contribution in [3.63, 3.8) is 0 Å². The van der Waals surface area contributed by atoms with Gasteiger partial charge in [0.15, 0.2) is 0 Å². The average Bonchev–Trinajstić information content (AvgIpc) is 2.88. The maximum atomic E-state index is 13.7. The van der Waals surface area contributed by atoms with E-state index in [9.17, 15) is 9.59 Å². The second-order valence-corrected chi connectivity index (χ2v) is 9.54. The number of carboxylic acids is 1. The Morgan fingerprint density at radius 2 is 1.85 bits per heavy atom. The van der Waals surface area contributed by atoms with Crippen LogP contribution in [0, 0.1) is 5.92 Å². The molecule has 0 unspecified atom stereocenters. The second-order valence-electron chi connectivity index (χ2n) is 9.54. The number of carbonyl (C=O) groups is 2. The van der Waals surface area contributed by atoms with E-state index in [0.717, 1.165) is 11.1 Å². The SMILES string of the molecule is C[C@H](NC(=O)C1(c2cncc(OCC3CCCCC3)c2)CCOCC1)c1ccc(C(=O)O)cc1. The van der Waals surface area contributed by atoms with Crippen molar-refractivity contribution in [2.24, 2.45) is 5.92 Å². The molecule has 1 aliphatic heterocycles. The second kappa shape index (κ2) is 11.0. The third-order valence-corrected chi connectivity index (χ3v) is 7.26. The van der Waals surface area contributed by atoms with Crippen LogP contribution in [-0.4, -0.2) is 41.8 Å². The van der Waals surface area contributed by atoms with Gasteiger partial charge in [0.1, 0.15) is 5.75 Å². The Bertz CT molecular complexity index is 979. The minimum atomic E-state index is -0.970. The first-order valence-electron chi connectivity index (χ1n) is 12.3. The van der Waals surface area contributed by atoms with Crippen LogP contribution in [0.25, 0.3) is 0 Å². The Hall–Kier alpha value is -2.93. The Labute approximate surface area is 200 Å². The summed E-state index contributed by atoms with van der Waals surface area (Å²) in [6.07, 6.45) is 10.9. The van der Waals surface area contributed by atoms with E-state index < -0.39 is 11.4 Å². The molecule has 1 aliphatic carbocycles. The molecule has 34 heavy (non-hydrogen) atoms. The number of aromatic nitrogens is 1. The first-order chi connectivity index (χ1) is 16.5. The molecule has 7 nitrogen and oxygen atoms in total. The summed E-state index contributed by atoms with van der Waals surface area (Å²) in [5.74, 6) is 0.254. The highest BCUT2D eigenvalue weighted by atomic mass is 16.5. The first-order valence-corrected chi connectivity index (χ1v) is 12.3. The molecule has 182 valence electrons. The zero-order chi connectivity index (χ0) is 24.0. The van der Waals surface area contributed by atoms with Crippen molar-refractivity contribution in [2.45, 2.75) is 63.3 Å². The highest BCUT2D eigenvalue weighted by Crippen LogP contribution is 2.37. The highest BCUT2D eigenvalue weighted by molar-refractivity contribution is 5.89. The summed E-state index contributed by atoms with van der Waals surface area (Å²) in [5.41, 5.74) is 1.18. The minimum Gasteiger partial charge on any atom is -0.492 e. The summed E-state index contributed by atoms with van der Waals surface area (Å²) in [5, 5.41) is 12.3. The fourth-order valence-electron chi connectivity index (χ4n) is 5.03. The molecule has 1 aromatic heterocycles. The lowest BCUT2D eigenvalue weighted by molar-refractivity contribution is -0.131. The number of benzene rings is 1. The number of pyridine rings is 1. The Morgan fingerprint density at radius 1 is 1.15 bits per heavy atom. The molecule has 2 aliphatic rings. The van der Waals surface area contributed by atoms with Crippen LogP contribution in [-0.2, 0) is 14.9 Å². The third-order valence-electron chi connectivity index (χ3n) is 7.26. The van der Waals surface area contributed by atoms with Gasteiger partial charge in [-0.1, -0.05) is 31.4 Å². The number of nitrogens with one attached hydrogen (secondary N) is 1. The largest absolute Gasteiger partial charge is 0.492 e. The summed E-state index contributed by atoms with van der Waals surface area (Å²) < 4.78 is 11.7. The quantitative estimate of drug-likeness (QED) is 0.587. The van der Waals surface area contributed by atoms with Gasteiger partial charge in [-0.3, -0.25) is 9.78 Å². The topological polar surface area (TPSA) is 97.8 Å². The molecule has 0 spiro atoms. The fraction of sp³-hybridized carbons (Fsp3) is 0.519. The lowest BCUT2D eigenvalue weighted by Gasteiger charge is -2.37. The Morgan fingerprint density at radius 3 is 2.53 bits per heavy atom. The van der Waals surface area contributed by atoms with Crippen LogP contribution in [0.4, 0.5) is 0 Å². The van der Waals surface area contributed by atoms with Crippen LogP contribution < -0.4 is 10.1 Å².